The number of aliphatic carboxylic acids is 1. The number of phenols is 1. The van der Waals surface area contributed by atoms with Gasteiger partial charge in [0.05, 0.1) is 0 Å². The maximum absolute atomic E-state index is 12.0. The minimum absolute atomic E-state index is 0.0487. The van der Waals surface area contributed by atoms with Gasteiger partial charge in [-0.05, 0) is 48.9 Å². The zero-order valence-electron chi connectivity index (χ0n) is 12.7. The lowest BCUT2D eigenvalue weighted by molar-refractivity contribution is -0.138. The van der Waals surface area contributed by atoms with Crippen molar-refractivity contribution in [1.82, 2.24) is 5.32 Å². The fraction of sp³-hybridized carbons (Fsp3) is 0.500. The third-order valence-electron chi connectivity index (χ3n) is 3.28. The molecule has 0 heterocycles. The highest BCUT2D eigenvalue weighted by atomic mass is 16.4. The number of nitrogens with one attached hydrogen (secondary N) is 1. The third kappa shape index (κ3) is 5.85. The van der Waals surface area contributed by atoms with Gasteiger partial charge in [0.1, 0.15) is 5.75 Å². The highest BCUT2D eigenvalue weighted by Crippen LogP contribution is 2.18. The molecule has 1 amide bonds. The molecule has 0 bridgehead atoms. The van der Waals surface area contributed by atoms with Gasteiger partial charge in [-0.3, -0.25) is 9.59 Å². The van der Waals surface area contributed by atoms with E-state index in [1.54, 1.807) is 19.1 Å². The molecule has 0 aliphatic rings. The van der Waals surface area contributed by atoms with Crippen molar-refractivity contribution in [2.45, 2.75) is 33.6 Å². The van der Waals surface area contributed by atoms with Gasteiger partial charge in [0.15, 0.2) is 0 Å². The SMILES string of the molecule is Cc1cc(C(=O)NCC(CC(=O)O)CC(C)C)ccc1O. The van der Waals surface area contributed by atoms with E-state index < -0.39 is 5.97 Å². The van der Waals surface area contributed by atoms with Gasteiger partial charge >= 0.3 is 5.97 Å². The Morgan fingerprint density at radius 2 is 1.95 bits per heavy atom. The van der Waals surface area contributed by atoms with Crippen molar-refractivity contribution in [1.29, 1.82) is 0 Å². The van der Waals surface area contributed by atoms with Gasteiger partial charge in [-0.2, -0.15) is 0 Å². The summed E-state index contributed by atoms with van der Waals surface area (Å²) < 4.78 is 0. The van der Waals surface area contributed by atoms with Gasteiger partial charge in [-0.25, -0.2) is 0 Å². The van der Waals surface area contributed by atoms with E-state index in [1.807, 2.05) is 13.8 Å². The molecule has 0 fully saturated rings. The molecule has 1 aromatic carbocycles. The van der Waals surface area contributed by atoms with Crippen molar-refractivity contribution in [2.24, 2.45) is 11.8 Å². The highest BCUT2D eigenvalue weighted by Gasteiger charge is 2.16. The molecule has 0 saturated heterocycles. The fourth-order valence-corrected chi connectivity index (χ4v) is 2.29. The molecular weight excluding hydrogens is 270 g/mol. The Morgan fingerprint density at radius 3 is 2.48 bits per heavy atom. The van der Waals surface area contributed by atoms with Crippen molar-refractivity contribution >= 4 is 11.9 Å². The van der Waals surface area contributed by atoms with Crippen LogP contribution in [-0.4, -0.2) is 28.6 Å². The third-order valence-corrected chi connectivity index (χ3v) is 3.28. The first kappa shape index (κ1) is 17.0. The monoisotopic (exact) mass is 293 g/mol. The average Bonchev–Trinajstić information content (AvgIpc) is 2.37. The first-order valence-electron chi connectivity index (χ1n) is 7.09. The number of carboxylic acids is 1. The summed E-state index contributed by atoms with van der Waals surface area (Å²) >= 11 is 0. The molecule has 1 unspecified atom stereocenters. The molecule has 5 heteroatoms. The molecule has 0 spiro atoms. The Labute approximate surface area is 125 Å². The molecule has 1 rings (SSSR count). The van der Waals surface area contributed by atoms with Crippen LogP contribution in [0.2, 0.25) is 0 Å². The van der Waals surface area contributed by atoms with Gasteiger partial charge < -0.3 is 15.5 Å². The molecule has 3 N–H and O–H groups in total. The number of phenolic OH excluding ortho intramolecular Hbond substituents is 1. The van der Waals surface area contributed by atoms with Crippen molar-refractivity contribution in [3.8, 4) is 5.75 Å². The average molecular weight is 293 g/mol. The minimum Gasteiger partial charge on any atom is -0.508 e. The quantitative estimate of drug-likeness (QED) is 0.721. The number of carbonyl (C=O) groups excluding carboxylic acids is 1. The number of carboxylic acid groups (broad SMARTS) is 1. The van der Waals surface area contributed by atoms with Crippen LogP contribution in [0.3, 0.4) is 0 Å². The predicted molar refractivity (Wildman–Crippen MR) is 80.4 cm³/mol. The van der Waals surface area contributed by atoms with Gasteiger partial charge in [-0.15, -0.1) is 0 Å². The molecule has 116 valence electrons. The molecular formula is C16H23NO4. The number of amides is 1. The highest BCUT2D eigenvalue weighted by molar-refractivity contribution is 5.94. The summed E-state index contributed by atoms with van der Waals surface area (Å²) in [6.45, 7) is 6.11. The second kappa shape index (κ2) is 7.67. The maximum Gasteiger partial charge on any atom is 0.303 e. The zero-order chi connectivity index (χ0) is 16.0. The van der Waals surface area contributed by atoms with E-state index in [-0.39, 0.29) is 24.0 Å². The van der Waals surface area contributed by atoms with Crippen molar-refractivity contribution in [3.05, 3.63) is 29.3 Å². The van der Waals surface area contributed by atoms with Crippen molar-refractivity contribution in [3.63, 3.8) is 0 Å². The second-order valence-corrected chi connectivity index (χ2v) is 5.80. The molecule has 0 aliphatic heterocycles. The van der Waals surface area contributed by atoms with E-state index >= 15 is 0 Å². The van der Waals surface area contributed by atoms with Crippen LogP contribution in [0.5, 0.6) is 5.75 Å². The van der Waals surface area contributed by atoms with Gasteiger partial charge in [0, 0.05) is 18.5 Å². The lowest BCUT2D eigenvalue weighted by Crippen LogP contribution is -2.31. The Bertz CT molecular complexity index is 511. The Balaban J connectivity index is 2.63. The van der Waals surface area contributed by atoms with Crippen LogP contribution < -0.4 is 5.32 Å². The number of hydrogen-bond donors (Lipinski definition) is 3. The van der Waals surface area contributed by atoms with E-state index in [9.17, 15) is 14.7 Å². The number of hydrogen-bond acceptors (Lipinski definition) is 3. The van der Waals surface area contributed by atoms with Crippen LogP contribution in [0.25, 0.3) is 0 Å². The number of carbonyl (C=O) groups is 2. The molecule has 21 heavy (non-hydrogen) atoms. The van der Waals surface area contributed by atoms with E-state index in [0.29, 0.717) is 23.6 Å². The molecule has 0 aromatic heterocycles. The van der Waals surface area contributed by atoms with Crippen LogP contribution >= 0.6 is 0 Å². The van der Waals surface area contributed by atoms with Crippen LogP contribution in [0.1, 0.15) is 42.6 Å². The van der Waals surface area contributed by atoms with Gasteiger partial charge in [0.2, 0.25) is 0 Å². The normalized spacial score (nSPS) is 12.2. The van der Waals surface area contributed by atoms with Crippen LogP contribution in [0.15, 0.2) is 18.2 Å². The molecule has 1 aromatic rings. The lowest BCUT2D eigenvalue weighted by Gasteiger charge is -2.18. The number of benzene rings is 1. The van der Waals surface area contributed by atoms with E-state index in [1.165, 1.54) is 6.07 Å². The molecule has 0 radical (unpaired) electrons. The maximum atomic E-state index is 12.0. The minimum atomic E-state index is -0.852. The standard InChI is InChI=1S/C16H23NO4/c1-10(2)6-12(8-15(19)20)9-17-16(21)13-4-5-14(18)11(3)7-13/h4-5,7,10,12,18H,6,8-9H2,1-3H3,(H,17,21)(H,19,20). The predicted octanol–water partition coefficient (Wildman–Crippen LogP) is 2.57. The van der Waals surface area contributed by atoms with E-state index in [2.05, 4.69) is 5.32 Å². The lowest BCUT2D eigenvalue weighted by atomic mass is 9.94. The largest absolute Gasteiger partial charge is 0.508 e. The summed E-state index contributed by atoms with van der Waals surface area (Å²) in [5.41, 5.74) is 1.09. The molecule has 1 atom stereocenters. The molecule has 5 nitrogen and oxygen atoms in total. The topological polar surface area (TPSA) is 86.6 Å². The summed E-state index contributed by atoms with van der Waals surface area (Å²) in [5.74, 6) is -0.658. The van der Waals surface area contributed by atoms with Crippen molar-refractivity contribution < 1.29 is 19.8 Å². The number of aromatic hydroxyl groups is 1. The smallest absolute Gasteiger partial charge is 0.303 e. The number of rotatable bonds is 7. The van der Waals surface area contributed by atoms with Crippen LogP contribution in [-0.2, 0) is 4.79 Å². The van der Waals surface area contributed by atoms with Crippen LogP contribution in [0, 0.1) is 18.8 Å². The number of aryl methyl sites for hydroxylation is 1. The summed E-state index contributed by atoms with van der Waals surface area (Å²) in [4.78, 5) is 22.9. The summed E-state index contributed by atoms with van der Waals surface area (Å²) in [5, 5.41) is 21.1. The summed E-state index contributed by atoms with van der Waals surface area (Å²) in [6, 6.07) is 4.64. The first-order valence-corrected chi connectivity index (χ1v) is 7.09. The van der Waals surface area contributed by atoms with Gasteiger partial charge in [0.25, 0.3) is 5.91 Å². The fourth-order valence-electron chi connectivity index (χ4n) is 2.29. The van der Waals surface area contributed by atoms with Crippen molar-refractivity contribution in [2.75, 3.05) is 6.54 Å². The second-order valence-electron chi connectivity index (χ2n) is 5.80. The first-order chi connectivity index (χ1) is 9.79. The van der Waals surface area contributed by atoms with E-state index in [0.717, 1.165) is 6.42 Å². The Morgan fingerprint density at radius 1 is 1.29 bits per heavy atom. The zero-order valence-corrected chi connectivity index (χ0v) is 12.7. The van der Waals surface area contributed by atoms with Gasteiger partial charge in [-0.1, -0.05) is 13.8 Å². The van der Waals surface area contributed by atoms with Crippen LogP contribution in [0.4, 0.5) is 0 Å². The summed E-state index contributed by atoms with van der Waals surface area (Å²) in [6.07, 6.45) is 0.800. The molecule has 0 saturated carbocycles. The molecule has 0 aliphatic carbocycles. The Kier molecular flexibility index (Phi) is 6.21. The summed E-state index contributed by atoms with van der Waals surface area (Å²) in [7, 11) is 0. The Hall–Kier alpha value is -2.04. The van der Waals surface area contributed by atoms with E-state index in [4.69, 9.17) is 5.11 Å².